The van der Waals surface area contributed by atoms with Crippen LogP contribution in [0.1, 0.15) is 38.7 Å². The molecule has 2 aliphatic rings. The summed E-state index contributed by atoms with van der Waals surface area (Å²) in [7, 11) is -3.10. The third-order valence-corrected chi connectivity index (χ3v) is 7.80. The molecule has 2 heterocycles. The summed E-state index contributed by atoms with van der Waals surface area (Å²) in [6.45, 7) is 5.14. The Morgan fingerprint density at radius 2 is 2.07 bits per heavy atom. The average Bonchev–Trinajstić information content (AvgIpc) is 3.15. The van der Waals surface area contributed by atoms with Gasteiger partial charge in [-0.2, -0.15) is 0 Å². The predicted molar refractivity (Wildman–Crippen MR) is 120 cm³/mol. The van der Waals surface area contributed by atoms with Gasteiger partial charge in [-0.05, 0) is 43.5 Å². The smallest absolute Gasteiger partial charge is 0.266 e. The summed E-state index contributed by atoms with van der Waals surface area (Å²) in [6.07, 6.45) is 4.21. The van der Waals surface area contributed by atoms with E-state index in [1.54, 1.807) is 6.08 Å². The van der Waals surface area contributed by atoms with Crippen LogP contribution >= 0.6 is 24.0 Å². The molecule has 1 amide bonds. The van der Waals surface area contributed by atoms with Crippen LogP contribution in [0, 0.1) is 0 Å². The van der Waals surface area contributed by atoms with Crippen molar-refractivity contribution >= 4 is 50.1 Å². The third kappa shape index (κ3) is 5.32. The van der Waals surface area contributed by atoms with Gasteiger partial charge in [-0.25, -0.2) is 8.42 Å². The number of carbonyl (C=O) groups excluding carboxylic acids is 1. The number of hydrogen-bond donors (Lipinski definition) is 0. The number of hydrogen-bond acceptors (Lipinski definition) is 7. The molecule has 29 heavy (non-hydrogen) atoms. The zero-order chi connectivity index (χ0) is 21.0. The van der Waals surface area contributed by atoms with Crippen molar-refractivity contribution in [2.75, 3.05) is 24.7 Å². The lowest BCUT2D eigenvalue weighted by Crippen LogP contribution is -2.39. The number of nitrogens with zero attached hydrogens (tertiary/aromatic N) is 1. The zero-order valence-electron chi connectivity index (χ0n) is 16.5. The van der Waals surface area contributed by atoms with Gasteiger partial charge in [-0.3, -0.25) is 9.69 Å². The van der Waals surface area contributed by atoms with E-state index in [1.807, 2.05) is 25.1 Å². The lowest BCUT2D eigenvalue weighted by Gasteiger charge is -2.20. The number of benzene rings is 1. The zero-order valence-corrected chi connectivity index (χ0v) is 19.0. The molecule has 1 atom stereocenters. The fourth-order valence-corrected chi connectivity index (χ4v) is 6.35. The quantitative estimate of drug-likeness (QED) is 0.336. The van der Waals surface area contributed by atoms with Gasteiger partial charge in [0.1, 0.15) is 4.32 Å². The summed E-state index contributed by atoms with van der Waals surface area (Å²) < 4.78 is 35.5. The van der Waals surface area contributed by atoms with Crippen molar-refractivity contribution in [3.63, 3.8) is 0 Å². The van der Waals surface area contributed by atoms with Crippen LogP contribution in [0.25, 0.3) is 6.08 Å². The highest BCUT2D eigenvalue weighted by Gasteiger charge is 2.42. The second-order valence-corrected chi connectivity index (χ2v) is 10.9. The van der Waals surface area contributed by atoms with E-state index in [-0.39, 0.29) is 23.5 Å². The van der Waals surface area contributed by atoms with E-state index in [4.69, 9.17) is 21.7 Å². The molecule has 0 spiro atoms. The number of thioether (sulfide) groups is 1. The molecular formula is C20H25NO5S3. The first-order valence-electron chi connectivity index (χ1n) is 9.71. The molecule has 0 N–H and O–H groups in total. The highest BCUT2D eigenvalue weighted by Crippen LogP contribution is 2.37. The molecule has 1 aromatic carbocycles. The third-order valence-electron chi connectivity index (χ3n) is 4.72. The number of thiocarbonyl (C=S) groups is 1. The van der Waals surface area contributed by atoms with Crippen molar-refractivity contribution in [2.24, 2.45) is 0 Å². The highest BCUT2D eigenvalue weighted by atomic mass is 32.2. The van der Waals surface area contributed by atoms with Crippen molar-refractivity contribution in [1.29, 1.82) is 0 Å². The van der Waals surface area contributed by atoms with Crippen molar-refractivity contribution in [3.05, 3.63) is 28.7 Å². The molecule has 0 radical (unpaired) electrons. The predicted octanol–water partition coefficient (Wildman–Crippen LogP) is 3.65. The Kier molecular flexibility index (Phi) is 7.23. The normalized spacial score (nSPS) is 22.5. The summed E-state index contributed by atoms with van der Waals surface area (Å²) in [4.78, 5) is 14.8. The summed E-state index contributed by atoms with van der Waals surface area (Å²) in [6, 6.07) is 5.19. The Balaban J connectivity index is 1.79. The molecule has 0 aliphatic carbocycles. The average molecular weight is 456 g/mol. The fourth-order valence-electron chi connectivity index (χ4n) is 3.25. The number of unbranched alkanes of at least 4 members (excludes halogenated alkanes) is 1. The first-order chi connectivity index (χ1) is 13.8. The molecule has 0 saturated carbocycles. The standard InChI is InChI=1S/C20H25NO5S3/c1-3-5-9-26-16-7-6-14(11-17(16)25-4-2)12-18-19(22)21(20(27)28-18)15-8-10-29(23,24)13-15/h6-7,11-12,15H,3-5,8-10,13H2,1-2H3/b18-12-. The minimum Gasteiger partial charge on any atom is -0.490 e. The molecule has 0 aromatic heterocycles. The highest BCUT2D eigenvalue weighted by molar-refractivity contribution is 8.26. The SMILES string of the molecule is CCCCOc1ccc(/C=C2\SC(=S)N(C3CCS(=O)(=O)C3)C2=O)cc1OCC. The summed E-state index contributed by atoms with van der Waals surface area (Å²) in [5, 5.41) is 0. The van der Waals surface area contributed by atoms with Gasteiger partial charge in [0, 0.05) is 0 Å². The number of sulfone groups is 1. The van der Waals surface area contributed by atoms with Crippen LogP contribution in [0.5, 0.6) is 11.5 Å². The molecule has 1 aromatic rings. The maximum atomic E-state index is 12.9. The Morgan fingerprint density at radius 3 is 2.72 bits per heavy atom. The van der Waals surface area contributed by atoms with Crippen molar-refractivity contribution < 1.29 is 22.7 Å². The second-order valence-electron chi connectivity index (χ2n) is 6.95. The molecule has 9 heteroatoms. The van der Waals surface area contributed by atoms with E-state index in [9.17, 15) is 13.2 Å². The first kappa shape index (κ1) is 22.1. The van der Waals surface area contributed by atoms with E-state index in [2.05, 4.69) is 6.92 Å². The van der Waals surface area contributed by atoms with Gasteiger partial charge in [0.25, 0.3) is 5.91 Å². The second kappa shape index (κ2) is 9.49. The number of rotatable bonds is 8. The molecule has 1 unspecified atom stereocenters. The van der Waals surface area contributed by atoms with Gasteiger partial charge in [0.05, 0.1) is 35.7 Å². The maximum absolute atomic E-state index is 12.9. The Hall–Kier alpha value is -1.58. The van der Waals surface area contributed by atoms with Crippen LogP contribution in [0.3, 0.4) is 0 Å². The van der Waals surface area contributed by atoms with Crippen LogP contribution in [-0.4, -0.2) is 54.3 Å². The molecule has 2 saturated heterocycles. The monoisotopic (exact) mass is 455 g/mol. The van der Waals surface area contributed by atoms with E-state index in [0.717, 1.165) is 18.4 Å². The van der Waals surface area contributed by atoms with Gasteiger partial charge in [-0.15, -0.1) is 0 Å². The number of carbonyl (C=O) groups is 1. The van der Waals surface area contributed by atoms with Gasteiger partial charge in [-0.1, -0.05) is 43.4 Å². The molecule has 0 bridgehead atoms. The summed E-state index contributed by atoms with van der Waals surface area (Å²) >= 11 is 6.56. The van der Waals surface area contributed by atoms with Crippen molar-refractivity contribution in [3.8, 4) is 11.5 Å². The summed E-state index contributed by atoms with van der Waals surface area (Å²) in [5.41, 5.74) is 0.802. The Morgan fingerprint density at radius 1 is 1.28 bits per heavy atom. The first-order valence-corrected chi connectivity index (χ1v) is 12.8. The van der Waals surface area contributed by atoms with Crippen LogP contribution < -0.4 is 9.47 Å². The number of ether oxygens (including phenoxy) is 2. The molecule has 158 valence electrons. The topological polar surface area (TPSA) is 72.9 Å². The molecule has 6 nitrogen and oxygen atoms in total. The van der Waals surface area contributed by atoms with Gasteiger partial charge in [0.15, 0.2) is 21.3 Å². The lowest BCUT2D eigenvalue weighted by molar-refractivity contribution is -0.123. The molecule has 2 aliphatic heterocycles. The van der Waals surface area contributed by atoms with E-state index in [0.29, 0.717) is 40.4 Å². The van der Waals surface area contributed by atoms with Crippen molar-refractivity contribution in [2.45, 2.75) is 39.2 Å². The molecular weight excluding hydrogens is 430 g/mol. The largest absolute Gasteiger partial charge is 0.490 e. The summed E-state index contributed by atoms with van der Waals surface area (Å²) in [5.74, 6) is 1.16. The van der Waals surface area contributed by atoms with Gasteiger partial charge >= 0.3 is 0 Å². The van der Waals surface area contributed by atoms with Crippen molar-refractivity contribution in [1.82, 2.24) is 4.90 Å². The van der Waals surface area contributed by atoms with Crippen LogP contribution in [0.2, 0.25) is 0 Å². The Labute approximate surface area is 181 Å². The van der Waals surface area contributed by atoms with E-state index >= 15 is 0 Å². The van der Waals surface area contributed by atoms with Crippen LogP contribution in [0.15, 0.2) is 23.1 Å². The lowest BCUT2D eigenvalue weighted by atomic mass is 10.1. The van der Waals surface area contributed by atoms with Crippen LogP contribution in [-0.2, 0) is 14.6 Å². The maximum Gasteiger partial charge on any atom is 0.266 e. The fraction of sp³-hybridized carbons (Fsp3) is 0.500. The minimum absolute atomic E-state index is 0.0228. The minimum atomic E-state index is -3.10. The van der Waals surface area contributed by atoms with Gasteiger partial charge < -0.3 is 9.47 Å². The number of amides is 1. The van der Waals surface area contributed by atoms with E-state index < -0.39 is 9.84 Å². The van der Waals surface area contributed by atoms with Crippen LogP contribution in [0.4, 0.5) is 0 Å². The molecule has 2 fully saturated rings. The van der Waals surface area contributed by atoms with E-state index in [1.165, 1.54) is 16.7 Å². The van der Waals surface area contributed by atoms with Gasteiger partial charge in [0.2, 0.25) is 0 Å². The Bertz CT molecular complexity index is 926. The molecule has 3 rings (SSSR count).